The summed E-state index contributed by atoms with van der Waals surface area (Å²) in [6.45, 7) is 1.12. The maximum Gasteiger partial charge on any atom is 0.326 e. The van der Waals surface area contributed by atoms with Crippen LogP contribution in [-0.4, -0.2) is 22.0 Å². The number of aromatic nitrogens is 2. The van der Waals surface area contributed by atoms with Crippen molar-refractivity contribution in [2.75, 3.05) is 6.54 Å². The Bertz CT molecular complexity index is 830. The summed E-state index contributed by atoms with van der Waals surface area (Å²) in [7, 11) is 0. The number of furan rings is 1. The molecule has 120 valence electrons. The molecule has 3 aromatic rings. The average molecular weight is 313 g/mol. The Kier molecular flexibility index (Phi) is 4.61. The quantitative estimate of drug-likeness (QED) is 0.655. The number of fused-ring (bicyclic) bond motifs is 1. The highest BCUT2D eigenvalue weighted by Gasteiger charge is 2.06. The lowest BCUT2D eigenvalue weighted by molar-refractivity contribution is -0.121. The molecule has 0 radical (unpaired) electrons. The third-order valence-corrected chi connectivity index (χ3v) is 3.74. The van der Waals surface area contributed by atoms with Gasteiger partial charge in [-0.15, -0.1) is 0 Å². The van der Waals surface area contributed by atoms with E-state index in [-0.39, 0.29) is 11.6 Å². The Morgan fingerprint density at radius 2 is 2.09 bits per heavy atom. The average Bonchev–Trinajstić information content (AvgIpc) is 3.17. The standard InChI is InChI=1S/C17H19N3O3/c21-16(9-8-13-5-3-12-23-13)18-10-4-11-20-15-7-2-1-6-14(15)19-17(20)22/h1-3,5-7,12H,4,8-11H2,(H,18,21)(H,19,22). The number of rotatable bonds is 7. The van der Waals surface area contributed by atoms with E-state index in [1.807, 2.05) is 36.4 Å². The van der Waals surface area contributed by atoms with Crippen molar-refractivity contribution in [1.29, 1.82) is 0 Å². The molecule has 2 aromatic heterocycles. The molecule has 1 amide bonds. The maximum absolute atomic E-state index is 11.9. The van der Waals surface area contributed by atoms with Crippen molar-refractivity contribution in [3.05, 3.63) is 58.9 Å². The molecule has 0 saturated heterocycles. The molecule has 23 heavy (non-hydrogen) atoms. The van der Waals surface area contributed by atoms with Crippen LogP contribution in [0.3, 0.4) is 0 Å². The van der Waals surface area contributed by atoms with E-state index in [9.17, 15) is 9.59 Å². The Balaban J connectivity index is 1.45. The van der Waals surface area contributed by atoms with Crippen LogP contribution in [0, 0.1) is 0 Å². The smallest absolute Gasteiger partial charge is 0.326 e. The summed E-state index contributed by atoms with van der Waals surface area (Å²) < 4.78 is 6.89. The minimum absolute atomic E-state index is 0.00678. The largest absolute Gasteiger partial charge is 0.469 e. The van der Waals surface area contributed by atoms with Gasteiger partial charge in [-0.3, -0.25) is 9.36 Å². The lowest BCUT2D eigenvalue weighted by atomic mass is 10.2. The van der Waals surface area contributed by atoms with Crippen molar-refractivity contribution >= 4 is 16.9 Å². The van der Waals surface area contributed by atoms with Crippen LogP contribution in [0.1, 0.15) is 18.6 Å². The predicted octanol–water partition coefficient (Wildman–Crippen LogP) is 2.06. The van der Waals surface area contributed by atoms with E-state index in [0.717, 1.165) is 16.8 Å². The van der Waals surface area contributed by atoms with E-state index in [1.165, 1.54) is 0 Å². The summed E-state index contributed by atoms with van der Waals surface area (Å²) in [4.78, 5) is 26.5. The number of hydrogen-bond donors (Lipinski definition) is 2. The zero-order valence-electron chi connectivity index (χ0n) is 12.7. The van der Waals surface area contributed by atoms with Gasteiger partial charge in [0.1, 0.15) is 5.76 Å². The minimum Gasteiger partial charge on any atom is -0.469 e. The molecule has 2 N–H and O–H groups in total. The van der Waals surface area contributed by atoms with Crippen LogP contribution >= 0.6 is 0 Å². The van der Waals surface area contributed by atoms with Crippen LogP contribution in [0.2, 0.25) is 0 Å². The number of hydrogen-bond acceptors (Lipinski definition) is 3. The number of aryl methyl sites for hydroxylation is 2. The molecule has 0 unspecified atom stereocenters. The van der Waals surface area contributed by atoms with Crippen molar-refractivity contribution in [3.8, 4) is 0 Å². The molecule has 6 nitrogen and oxygen atoms in total. The summed E-state index contributed by atoms with van der Waals surface area (Å²) in [5, 5.41) is 2.87. The van der Waals surface area contributed by atoms with E-state index in [4.69, 9.17) is 4.42 Å². The number of aromatic amines is 1. The van der Waals surface area contributed by atoms with Crippen molar-refractivity contribution in [1.82, 2.24) is 14.9 Å². The van der Waals surface area contributed by atoms with Gasteiger partial charge in [0.15, 0.2) is 0 Å². The van der Waals surface area contributed by atoms with Gasteiger partial charge in [-0.25, -0.2) is 4.79 Å². The summed E-state index contributed by atoms with van der Waals surface area (Å²) in [6, 6.07) is 11.3. The summed E-state index contributed by atoms with van der Waals surface area (Å²) in [5.41, 5.74) is 1.61. The van der Waals surface area contributed by atoms with Crippen LogP contribution < -0.4 is 11.0 Å². The molecule has 0 fully saturated rings. The molecule has 0 spiro atoms. The third-order valence-electron chi connectivity index (χ3n) is 3.74. The fraction of sp³-hybridized carbons (Fsp3) is 0.294. The van der Waals surface area contributed by atoms with Crippen LogP contribution in [0.4, 0.5) is 0 Å². The molecule has 3 rings (SSSR count). The number of carbonyl (C=O) groups is 1. The number of imidazole rings is 1. The number of benzene rings is 1. The molecular formula is C17H19N3O3. The number of para-hydroxylation sites is 2. The van der Waals surface area contributed by atoms with Crippen molar-refractivity contribution in [2.45, 2.75) is 25.8 Å². The second-order valence-corrected chi connectivity index (χ2v) is 5.38. The van der Waals surface area contributed by atoms with Crippen LogP contribution in [0.15, 0.2) is 51.9 Å². The van der Waals surface area contributed by atoms with Crippen LogP contribution in [0.5, 0.6) is 0 Å². The van der Waals surface area contributed by atoms with Gasteiger partial charge in [0.2, 0.25) is 5.91 Å². The first kappa shape index (κ1) is 15.1. The van der Waals surface area contributed by atoms with Crippen molar-refractivity contribution < 1.29 is 9.21 Å². The van der Waals surface area contributed by atoms with Gasteiger partial charge in [0.25, 0.3) is 0 Å². The number of nitrogens with zero attached hydrogens (tertiary/aromatic N) is 1. The molecule has 2 heterocycles. The van der Waals surface area contributed by atoms with E-state index in [1.54, 1.807) is 10.8 Å². The molecular weight excluding hydrogens is 294 g/mol. The van der Waals surface area contributed by atoms with Crippen LogP contribution in [0.25, 0.3) is 11.0 Å². The number of amides is 1. The number of carbonyl (C=O) groups excluding carboxylic acids is 1. The predicted molar refractivity (Wildman–Crippen MR) is 87.2 cm³/mol. The van der Waals surface area contributed by atoms with E-state index in [2.05, 4.69) is 10.3 Å². The Morgan fingerprint density at radius 3 is 2.91 bits per heavy atom. The molecule has 0 saturated carbocycles. The molecule has 0 aliphatic rings. The number of H-pyrrole nitrogens is 1. The zero-order valence-corrected chi connectivity index (χ0v) is 12.7. The fourth-order valence-electron chi connectivity index (χ4n) is 2.57. The molecule has 0 bridgehead atoms. The topological polar surface area (TPSA) is 80.0 Å². The Hall–Kier alpha value is -2.76. The second-order valence-electron chi connectivity index (χ2n) is 5.38. The first-order valence-electron chi connectivity index (χ1n) is 7.70. The summed E-state index contributed by atoms with van der Waals surface area (Å²) >= 11 is 0. The summed E-state index contributed by atoms with van der Waals surface area (Å²) in [5.74, 6) is 0.804. The summed E-state index contributed by atoms with van der Waals surface area (Å²) in [6.07, 6.45) is 3.31. The van der Waals surface area contributed by atoms with Crippen molar-refractivity contribution in [3.63, 3.8) is 0 Å². The highest BCUT2D eigenvalue weighted by atomic mass is 16.3. The lowest BCUT2D eigenvalue weighted by Gasteiger charge is -2.06. The van der Waals surface area contributed by atoms with Gasteiger partial charge < -0.3 is 14.7 Å². The number of nitrogens with one attached hydrogen (secondary N) is 2. The Morgan fingerprint density at radius 1 is 1.22 bits per heavy atom. The molecule has 1 aromatic carbocycles. The molecule has 0 aliphatic carbocycles. The zero-order chi connectivity index (χ0) is 16.1. The molecule has 0 aliphatic heterocycles. The Labute approximate surface area is 133 Å². The first-order valence-corrected chi connectivity index (χ1v) is 7.70. The van der Waals surface area contributed by atoms with Gasteiger partial charge in [-0.05, 0) is 30.7 Å². The van der Waals surface area contributed by atoms with Gasteiger partial charge in [-0.1, -0.05) is 12.1 Å². The fourth-order valence-corrected chi connectivity index (χ4v) is 2.57. The second kappa shape index (κ2) is 7.00. The molecule has 6 heteroatoms. The first-order chi connectivity index (χ1) is 11.2. The SMILES string of the molecule is O=C(CCc1ccco1)NCCCn1c(=O)[nH]c2ccccc21. The monoisotopic (exact) mass is 313 g/mol. The maximum atomic E-state index is 11.9. The minimum atomic E-state index is -0.115. The van der Waals surface area contributed by atoms with E-state index in [0.29, 0.717) is 32.4 Å². The third kappa shape index (κ3) is 3.71. The van der Waals surface area contributed by atoms with Gasteiger partial charge in [0, 0.05) is 25.9 Å². The highest BCUT2D eigenvalue weighted by Crippen LogP contribution is 2.09. The van der Waals surface area contributed by atoms with Gasteiger partial charge >= 0.3 is 5.69 Å². The van der Waals surface area contributed by atoms with E-state index >= 15 is 0 Å². The van der Waals surface area contributed by atoms with E-state index < -0.39 is 0 Å². The lowest BCUT2D eigenvalue weighted by Crippen LogP contribution is -2.26. The van der Waals surface area contributed by atoms with Gasteiger partial charge in [-0.2, -0.15) is 0 Å². The van der Waals surface area contributed by atoms with Crippen LogP contribution in [-0.2, 0) is 17.8 Å². The van der Waals surface area contributed by atoms with Crippen molar-refractivity contribution in [2.24, 2.45) is 0 Å². The van der Waals surface area contributed by atoms with Gasteiger partial charge in [0.05, 0.1) is 17.3 Å². The normalized spacial score (nSPS) is 11.0. The molecule has 0 atom stereocenters. The highest BCUT2D eigenvalue weighted by molar-refractivity contribution is 5.76.